The average Bonchev–Trinajstić information content (AvgIpc) is 2.76. The fraction of sp³-hybridized carbons (Fsp3) is 0.286. The Labute approximate surface area is 153 Å². The molecule has 5 heteroatoms. The molecule has 0 aliphatic carbocycles. The van der Waals surface area contributed by atoms with Gasteiger partial charge in [-0.25, -0.2) is 0 Å². The second-order valence-electron chi connectivity index (χ2n) is 7.22. The number of carbonyl (C=O) groups is 3. The van der Waals surface area contributed by atoms with Crippen LogP contribution < -0.4 is 10.2 Å². The Kier molecular flexibility index (Phi) is 4.40. The molecule has 3 rings (SSSR count). The Hall–Kier alpha value is -2.95. The van der Waals surface area contributed by atoms with E-state index in [2.05, 4.69) is 5.32 Å². The van der Waals surface area contributed by atoms with Crippen LogP contribution in [0, 0.1) is 6.92 Å². The summed E-state index contributed by atoms with van der Waals surface area (Å²) in [5.41, 5.74) is 3.21. The third kappa shape index (κ3) is 3.12. The summed E-state index contributed by atoms with van der Waals surface area (Å²) in [4.78, 5) is 38.3. The van der Waals surface area contributed by atoms with Crippen molar-refractivity contribution in [3.05, 3.63) is 59.2 Å². The minimum atomic E-state index is -0.657. The molecule has 0 aromatic heterocycles. The SMILES string of the molecule is CC(=O)c1cccc(NC(=O)CN2C(=O)C(C)(C)c3cc(C)ccc32)c1. The van der Waals surface area contributed by atoms with Crippen LogP contribution in [0.25, 0.3) is 0 Å². The molecule has 0 bridgehead atoms. The van der Waals surface area contributed by atoms with Crippen molar-refractivity contribution in [2.24, 2.45) is 0 Å². The van der Waals surface area contributed by atoms with Gasteiger partial charge in [-0.3, -0.25) is 14.4 Å². The van der Waals surface area contributed by atoms with Crippen molar-refractivity contribution in [2.45, 2.75) is 33.1 Å². The summed E-state index contributed by atoms with van der Waals surface area (Å²) >= 11 is 0. The highest BCUT2D eigenvalue weighted by Gasteiger charge is 2.44. The van der Waals surface area contributed by atoms with Crippen LogP contribution in [0.15, 0.2) is 42.5 Å². The van der Waals surface area contributed by atoms with Crippen molar-refractivity contribution in [1.82, 2.24) is 0 Å². The zero-order chi connectivity index (χ0) is 19.1. The van der Waals surface area contributed by atoms with Crippen molar-refractivity contribution in [2.75, 3.05) is 16.8 Å². The molecule has 0 unspecified atom stereocenters. The molecule has 1 aliphatic heterocycles. The van der Waals surface area contributed by atoms with Crippen molar-refractivity contribution in [1.29, 1.82) is 0 Å². The van der Waals surface area contributed by atoms with Crippen LogP contribution in [0.4, 0.5) is 11.4 Å². The van der Waals surface area contributed by atoms with Crippen molar-refractivity contribution in [3.8, 4) is 0 Å². The van der Waals surface area contributed by atoms with Crippen LogP contribution in [-0.2, 0) is 15.0 Å². The molecule has 5 nitrogen and oxygen atoms in total. The van der Waals surface area contributed by atoms with Gasteiger partial charge in [-0.1, -0.05) is 29.8 Å². The number of rotatable bonds is 4. The predicted molar refractivity (Wildman–Crippen MR) is 102 cm³/mol. The third-order valence-corrected chi connectivity index (χ3v) is 4.75. The quantitative estimate of drug-likeness (QED) is 0.859. The van der Waals surface area contributed by atoms with Gasteiger partial charge in [0.05, 0.1) is 5.41 Å². The zero-order valence-corrected chi connectivity index (χ0v) is 15.4. The van der Waals surface area contributed by atoms with Crippen molar-refractivity contribution >= 4 is 29.0 Å². The highest BCUT2D eigenvalue weighted by molar-refractivity contribution is 6.11. The van der Waals surface area contributed by atoms with E-state index in [1.807, 2.05) is 39.0 Å². The molecular weight excluding hydrogens is 328 g/mol. The summed E-state index contributed by atoms with van der Waals surface area (Å²) < 4.78 is 0. The lowest BCUT2D eigenvalue weighted by Gasteiger charge is -2.20. The number of Topliss-reactive ketones (excluding diaryl/α,β-unsaturated/α-hetero) is 1. The molecule has 2 aromatic rings. The molecule has 2 amide bonds. The zero-order valence-electron chi connectivity index (χ0n) is 15.4. The number of anilines is 2. The first-order valence-corrected chi connectivity index (χ1v) is 8.54. The number of nitrogens with one attached hydrogen (secondary N) is 1. The topological polar surface area (TPSA) is 66.5 Å². The Balaban J connectivity index is 1.81. The van der Waals surface area contributed by atoms with Gasteiger partial charge in [-0.05, 0) is 51.5 Å². The number of carbonyl (C=O) groups excluding carboxylic acids is 3. The van der Waals surface area contributed by atoms with E-state index in [1.165, 1.54) is 11.8 Å². The van der Waals surface area contributed by atoms with Gasteiger partial charge in [0.1, 0.15) is 6.54 Å². The molecule has 0 spiro atoms. The third-order valence-electron chi connectivity index (χ3n) is 4.75. The number of hydrogen-bond donors (Lipinski definition) is 1. The van der Waals surface area contributed by atoms with Crippen LogP contribution in [0.3, 0.4) is 0 Å². The van der Waals surface area contributed by atoms with E-state index in [-0.39, 0.29) is 24.1 Å². The normalized spacial score (nSPS) is 14.9. The molecule has 134 valence electrons. The standard InChI is InChI=1S/C21H22N2O3/c1-13-8-9-18-17(10-13)21(3,4)20(26)23(18)12-19(25)22-16-7-5-6-15(11-16)14(2)24/h5-11H,12H2,1-4H3,(H,22,25). The molecule has 1 N–H and O–H groups in total. The lowest BCUT2D eigenvalue weighted by Crippen LogP contribution is -2.40. The summed E-state index contributed by atoms with van der Waals surface area (Å²) in [6, 6.07) is 12.6. The van der Waals surface area contributed by atoms with Gasteiger partial charge in [0.15, 0.2) is 5.78 Å². The summed E-state index contributed by atoms with van der Waals surface area (Å²) in [6.45, 7) is 7.15. The number of nitrogens with zero attached hydrogens (tertiary/aromatic N) is 1. The molecule has 0 saturated carbocycles. The van der Waals surface area contributed by atoms with E-state index >= 15 is 0 Å². The van der Waals surface area contributed by atoms with Crippen molar-refractivity contribution < 1.29 is 14.4 Å². The summed E-state index contributed by atoms with van der Waals surface area (Å²) in [5.74, 6) is -0.462. The second-order valence-corrected chi connectivity index (χ2v) is 7.22. The van der Waals surface area contributed by atoms with E-state index < -0.39 is 5.41 Å². The fourth-order valence-electron chi connectivity index (χ4n) is 3.26. The summed E-state index contributed by atoms with van der Waals surface area (Å²) in [7, 11) is 0. The van der Waals surface area contributed by atoms with Crippen LogP contribution in [0.1, 0.15) is 42.3 Å². The first kappa shape index (κ1) is 17.9. The molecule has 0 atom stereocenters. The maximum Gasteiger partial charge on any atom is 0.244 e. The van der Waals surface area contributed by atoms with Gasteiger partial charge in [0.25, 0.3) is 0 Å². The van der Waals surface area contributed by atoms with E-state index in [0.717, 1.165) is 16.8 Å². The second kappa shape index (κ2) is 6.41. The first-order valence-electron chi connectivity index (χ1n) is 8.54. The average molecular weight is 350 g/mol. The predicted octanol–water partition coefficient (Wildman–Crippen LogP) is 3.46. The first-order chi connectivity index (χ1) is 12.2. The number of ketones is 1. The number of fused-ring (bicyclic) bond motifs is 1. The molecule has 0 saturated heterocycles. The summed E-state index contributed by atoms with van der Waals surface area (Å²) in [5, 5.41) is 2.77. The van der Waals surface area contributed by atoms with Crippen LogP contribution in [0.5, 0.6) is 0 Å². The maximum absolute atomic E-state index is 12.8. The molecule has 26 heavy (non-hydrogen) atoms. The van der Waals surface area contributed by atoms with E-state index in [9.17, 15) is 14.4 Å². The minimum absolute atomic E-state index is 0.0668. The maximum atomic E-state index is 12.8. The Bertz CT molecular complexity index is 915. The molecule has 0 fully saturated rings. The molecule has 1 aliphatic rings. The highest BCUT2D eigenvalue weighted by Crippen LogP contribution is 2.41. The molecular formula is C21H22N2O3. The number of benzene rings is 2. The molecule has 0 radical (unpaired) electrons. The smallest absolute Gasteiger partial charge is 0.244 e. The van der Waals surface area contributed by atoms with Crippen LogP contribution in [-0.4, -0.2) is 24.1 Å². The molecule has 1 heterocycles. The molecule has 2 aromatic carbocycles. The van der Waals surface area contributed by atoms with E-state index in [1.54, 1.807) is 24.3 Å². The van der Waals surface area contributed by atoms with E-state index in [0.29, 0.717) is 11.3 Å². The van der Waals surface area contributed by atoms with Gasteiger partial charge in [-0.15, -0.1) is 0 Å². The van der Waals surface area contributed by atoms with Crippen LogP contribution >= 0.6 is 0 Å². The number of hydrogen-bond acceptors (Lipinski definition) is 3. The van der Waals surface area contributed by atoms with Crippen LogP contribution in [0.2, 0.25) is 0 Å². The fourth-order valence-corrected chi connectivity index (χ4v) is 3.26. The number of amides is 2. The van der Waals surface area contributed by atoms with Gasteiger partial charge in [0.2, 0.25) is 11.8 Å². The Morgan fingerprint density at radius 1 is 1.12 bits per heavy atom. The summed E-state index contributed by atoms with van der Waals surface area (Å²) in [6.07, 6.45) is 0. The van der Waals surface area contributed by atoms with Gasteiger partial charge in [0, 0.05) is 16.9 Å². The Morgan fingerprint density at radius 3 is 2.54 bits per heavy atom. The van der Waals surface area contributed by atoms with E-state index in [4.69, 9.17) is 0 Å². The largest absolute Gasteiger partial charge is 0.325 e. The van der Waals surface area contributed by atoms with Crippen molar-refractivity contribution in [3.63, 3.8) is 0 Å². The van der Waals surface area contributed by atoms with Gasteiger partial charge < -0.3 is 10.2 Å². The Morgan fingerprint density at radius 2 is 1.85 bits per heavy atom. The van der Waals surface area contributed by atoms with Gasteiger partial charge >= 0.3 is 0 Å². The highest BCUT2D eigenvalue weighted by atomic mass is 16.2. The lowest BCUT2D eigenvalue weighted by atomic mass is 9.85. The monoisotopic (exact) mass is 350 g/mol. The number of aryl methyl sites for hydroxylation is 1. The lowest BCUT2D eigenvalue weighted by molar-refractivity contribution is -0.124. The minimum Gasteiger partial charge on any atom is -0.325 e. The van der Waals surface area contributed by atoms with Gasteiger partial charge in [-0.2, -0.15) is 0 Å².